The minimum Gasteiger partial charge on any atom is -0.466 e. The molecule has 0 saturated carbocycles. The monoisotopic (exact) mass is 1110 g/mol. The van der Waals surface area contributed by atoms with Crippen LogP contribution in [0.3, 0.4) is 0 Å². The summed E-state index contributed by atoms with van der Waals surface area (Å²) in [5.74, 6) is -0.00926. The number of rotatable bonds is 68. The lowest BCUT2D eigenvalue weighted by Crippen LogP contribution is -2.45. The molecule has 0 saturated heterocycles. The van der Waals surface area contributed by atoms with Crippen LogP contribution in [0.4, 0.5) is 0 Å². The molecule has 2 unspecified atom stereocenters. The quantitative estimate of drug-likeness (QED) is 0.0320. The third kappa shape index (κ3) is 65.4. The van der Waals surface area contributed by atoms with E-state index in [4.69, 9.17) is 4.74 Å². The molecule has 0 aromatic carbocycles. The second kappa shape index (κ2) is 68.8. The lowest BCUT2D eigenvalue weighted by Gasteiger charge is -2.22. The highest BCUT2D eigenvalue weighted by atomic mass is 16.5. The maximum atomic E-state index is 12.4. The Balaban J connectivity index is 3.32. The molecule has 0 spiro atoms. The summed E-state index contributed by atoms with van der Waals surface area (Å²) in [5.41, 5.74) is 0. The van der Waals surface area contributed by atoms with Crippen LogP contribution in [0.2, 0.25) is 0 Å². The number of carbonyl (C=O) groups is 2. The molecule has 0 aliphatic rings. The van der Waals surface area contributed by atoms with Crippen molar-refractivity contribution in [1.82, 2.24) is 5.32 Å². The first-order valence-corrected chi connectivity index (χ1v) is 36.1. The fourth-order valence-electron chi connectivity index (χ4n) is 11.5. The first kappa shape index (κ1) is 77.3. The number of unbranched alkanes of at least 4 members (excludes halogenated alkanes) is 53. The third-order valence-electron chi connectivity index (χ3n) is 17.0. The number of carbonyl (C=O) groups excluding carboxylic acids is 2. The van der Waals surface area contributed by atoms with Gasteiger partial charge in [0.15, 0.2) is 0 Å². The van der Waals surface area contributed by atoms with Crippen molar-refractivity contribution >= 4 is 11.9 Å². The molecule has 0 fully saturated rings. The molecule has 0 heterocycles. The van der Waals surface area contributed by atoms with Crippen molar-refractivity contribution in [2.24, 2.45) is 0 Å². The van der Waals surface area contributed by atoms with Crippen LogP contribution in [0.5, 0.6) is 0 Å². The van der Waals surface area contributed by atoms with Gasteiger partial charge in [-0.1, -0.05) is 359 Å². The van der Waals surface area contributed by atoms with Gasteiger partial charge in [-0.25, -0.2) is 0 Å². The molecular weight excluding hydrogens is 971 g/mol. The normalized spacial score (nSPS) is 12.6. The lowest BCUT2D eigenvalue weighted by molar-refractivity contribution is -0.143. The number of esters is 1. The van der Waals surface area contributed by atoms with Crippen LogP contribution in [0.15, 0.2) is 24.3 Å². The number of hydrogen-bond donors (Lipinski definition) is 3. The van der Waals surface area contributed by atoms with Crippen molar-refractivity contribution in [1.29, 1.82) is 0 Å². The zero-order valence-corrected chi connectivity index (χ0v) is 53.6. The van der Waals surface area contributed by atoms with Crippen LogP contribution in [-0.4, -0.2) is 47.4 Å². The Morgan fingerprint density at radius 2 is 0.633 bits per heavy atom. The summed E-state index contributed by atoms with van der Waals surface area (Å²) in [5, 5.41) is 23.2. The van der Waals surface area contributed by atoms with Crippen LogP contribution < -0.4 is 5.32 Å². The second-order valence-electron chi connectivity index (χ2n) is 24.9. The Kier molecular flexibility index (Phi) is 67.4. The topological polar surface area (TPSA) is 95.9 Å². The summed E-state index contributed by atoms with van der Waals surface area (Å²) in [4.78, 5) is 24.5. The molecule has 79 heavy (non-hydrogen) atoms. The van der Waals surface area contributed by atoms with E-state index in [0.717, 1.165) is 44.9 Å². The minimum atomic E-state index is -0.660. The van der Waals surface area contributed by atoms with E-state index < -0.39 is 12.1 Å². The van der Waals surface area contributed by atoms with E-state index in [1.165, 1.54) is 327 Å². The van der Waals surface area contributed by atoms with Crippen molar-refractivity contribution in [2.45, 2.75) is 418 Å². The summed E-state index contributed by atoms with van der Waals surface area (Å²) in [6, 6.07) is -0.537. The molecular formula is C73H141NO5. The Labute approximate surface area is 494 Å². The average molecular weight is 1110 g/mol. The molecule has 468 valence electrons. The highest BCUT2D eigenvalue weighted by Crippen LogP contribution is 2.19. The Bertz CT molecular complexity index is 1230. The van der Waals surface area contributed by atoms with E-state index in [-0.39, 0.29) is 18.5 Å². The van der Waals surface area contributed by atoms with E-state index in [0.29, 0.717) is 25.9 Å². The highest BCUT2D eigenvalue weighted by Gasteiger charge is 2.20. The lowest BCUT2D eigenvalue weighted by atomic mass is 10.0. The predicted octanol–water partition coefficient (Wildman–Crippen LogP) is 23.3. The number of hydrogen-bond acceptors (Lipinski definition) is 5. The van der Waals surface area contributed by atoms with Crippen molar-refractivity contribution in [3.05, 3.63) is 24.3 Å². The summed E-state index contributed by atoms with van der Waals surface area (Å²) in [6.07, 6.45) is 86.9. The maximum Gasteiger partial charge on any atom is 0.305 e. The molecule has 6 nitrogen and oxygen atoms in total. The molecule has 0 aliphatic carbocycles. The van der Waals surface area contributed by atoms with Crippen LogP contribution in [0.1, 0.15) is 406 Å². The van der Waals surface area contributed by atoms with Crippen LogP contribution in [-0.2, 0) is 14.3 Å². The Morgan fingerprint density at radius 1 is 0.354 bits per heavy atom. The fraction of sp³-hybridized carbons (Fsp3) is 0.918. The van der Waals surface area contributed by atoms with Crippen LogP contribution in [0, 0.1) is 0 Å². The van der Waals surface area contributed by atoms with Gasteiger partial charge in [0.2, 0.25) is 5.91 Å². The van der Waals surface area contributed by atoms with E-state index >= 15 is 0 Å². The second-order valence-corrected chi connectivity index (χ2v) is 24.9. The van der Waals surface area contributed by atoms with Crippen molar-refractivity contribution in [2.75, 3.05) is 13.2 Å². The zero-order valence-electron chi connectivity index (χ0n) is 53.6. The molecule has 0 bridgehead atoms. The van der Waals surface area contributed by atoms with Gasteiger partial charge in [-0.15, -0.1) is 0 Å². The summed E-state index contributed by atoms with van der Waals surface area (Å²) in [7, 11) is 0. The standard InChI is InChI=1S/C73H141NO5/c1-3-5-7-9-11-13-15-43-47-51-55-59-63-67-73(78)79-68-64-60-56-52-48-45-42-40-38-36-34-32-30-28-26-24-22-20-18-16-17-19-21-23-25-27-29-31-33-35-37-39-41-44-46-50-54-58-62-66-72(77)74-70(69-75)71(76)65-61-57-53-49-14-12-10-8-6-4-2/h16-17,20,22,70-71,75-76H,3-15,18-19,21,23-69H2,1-2H3,(H,74,77)/b17-16-,22-20-. The van der Waals surface area contributed by atoms with Gasteiger partial charge in [0, 0.05) is 12.8 Å². The number of nitrogens with one attached hydrogen (secondary N) is 1. The first-order chi connectivity index (χ1) is 39.0. The number of amides is 1. The van der Waals surface area contributed by atoms with Gasteiger partial charge >= 0.3 is 5.97 Å². The van der Waals surface area contributed by atoms with Gasteiger partial charge in [0.1, 0.15) is 0 Å². The van der Waals surface area contributed by atoms with E-state index in [2.05, 4.69) is 43.5 Å². The molecule has 0 aromatic heterocycles. The van der Waals surface area contributed by atoms with Crippen molar-refractivity contribution < 1.29 is 24.5 Å². The van der Waals surface area contributed by atoms with Crippen LogP contribution in [0.25, 0.3) is 0 Å². The maximum absolute atomic E-state index is 12.4. The fourth-order valence-corrected chi connectivity index (χ4v) is 11.5. The van der Waals surface area contributed by atoms with Gasteiger partial charge in [0.25, 0.3) is 0 Å². The first-order valence-electron chi connectivity index (χ1n) is 36.1. The molecule has 3 N–H and O–H groups in total. The van der Waals surface area contributed by atoms with Crippen molar-refractivity contribution in [3.8, 4) is 0 Å². The van der Waals surface area contributed by atoms with Gasteiger partial charge in [-0.2, -0.15) is 0 Å². The van der Waals surface area contributed by atoms with Crippen molar-refractivity contribution in [3.63, 3.8) is 0 Å². The average Bonchev–Trinajstić information content (AvgIpc) is 3.45. The number of aliphatic hydroxyl groups excluding tert-OH is 2. The van der Waals surface area contributed by atoms with Gasteiger partial charge in [-0.05, 0) is 57.8 Å². The van der Waals surface area contributed by atoms with E-state index in [1.54, 1.807) is 0 Å². The van der Waals surface area contributed by atoms with E-state index in [9.17, 15) is 19.8 Å². The third-order valence-corrected chi connectivity index (χ3v) is 17.0. The molecule has 6 heteroatoms. The van der Waals surface area contributed by atoms with E-state index in [1.807, 2.05) is 0 Å². The van der Waals surface area contributed by atoms with Gasteiger partial charge in [0.05, 0.1) is 25.4 Å². The molecule has 0 radical (unpaired) electrons. The number of aliphatic hydroxyl groups is 2. The molecule has 2 atom stereocenters. The summed E-state index contributed by atoms with van der Waals surface area (Å²) in [6.45, 7) is 4.97. The summed E-state index contributed by atoms with van der Waals surface area (Å²) < 4.78 is 5.49. The molecule has 0 aromatic rings. The Morgan fingerprint density at radius 3 is 0.962 bits per heavy atom. The SMILES string of the molecule is CCCCCCCCCCCCCCCC(=O)OCCCCCCCCCCCCCCCCC/C=C\C/C=C\CCCCCCCCCCCCCCCCCCCC(=O)NC(CO)C(O)CCCCCCCCCCCC. The minimum absolute atomic E-state index is 0.0224. The number of ether oxygens (including phenoxy) is 1. The molecule has 1 amide bonds. The Hall–Kier alpha value is -1.66. The highest BCUT2D eigenvalue weighted by molar-refractivity contribution is 5.76. The largest absolute Gasteiger partial charge is 0.466 e. The van der Waals surface area contributed by atoms with Crippen LogP contribution >= 0.6 is 0 Å². The van der Waals surface area contributed by atoms with Gasteiger partial charge in [-0.3, -0.25) is 9.59 Å². The van der Waals surface area contributed by atoms with Gasteiger partial charge < -0.3 is 20.3 Å². The smallest absolute Gasteiger partial charge is 0.305 e. The number of allylic oxidation sites excluding steroid dienone is 4. The molecule has 0 aliphatic heterocycles. The molecule has 0 rings (SSSR count). The summed E-state index contributed by atoms with van der Waals surface area (Å²) >= 11 is 0. The predicted molar refractivity (Wildman–Crippen MR) is 347 cm³/mol. The zero-order chi connectivity index (χ0) is 57.1.